The van der Waals surface area contributed by atoms with Crippen molar-refractivity contribution in [2.24, 2.45) is 13.0 Å². The second kappa shape index (κ2) is 8.41. The van der Waals surface area contributed by atoms with Gasteiger partial charge in [-0.05, 0) is 49.1 Å². The van der Waals surface area contributed by atoms with E-state index in [2.05, 4.69) is 20.3 Å². The maximum Gasteiger partial charge on any atom is 0.259 e. The number of hydrogen-bond donors (Lipinski definition) is 1. The minimum atomic E-state index is -0.257. The Morgan fingerprint density at radius 2 is 1.91 bits per heavy atom. The molecule has 0 radical (unpaired) electrons. The molecule has 0 atom stereocenters. The smallest absolute Gasteiger partial charge is 0.259 e. The van der Waals surface area contributed by atoms with E-state index < -0.39 is 0 Å². The van der Waals surface area contributed by atoms with Gasteiger partial charge in [-0.1, -0.05) is 29.3 Å². The zero-order chi connectivity index (χ0) is 22.2. The van der Waals surface area contributed by atoms with Crippen LogP contribution in [0.15, 0.2) is 53.6 Å². The molecule has 0 spiro atoms. The van der Waals surface area contributed by atoms with Gasteiger partial charge < -0.3 is 10.1 Å². The molecule has 5 rings (SSSR count). The number of fused-ring (bicyclic) bond motifs is 1. The largest absolute Gasteiger partial charge is 0.492 e. The maximum absolute atomic E-state index is 13.0. The molecule has 1 fully saturated rings. The van der Waals surface area contributed by atoms with Gasteiger partial charge in [0.15, 0.2) is 0 Å². The van der Waals surface area contributed by atoms with Crippen molar-refractivity contribution in [3.63, 3.8) is 0 Å². The topological polar surface area (TPSA) is 81.9 Å². The minimum Gasteiger partial charge on any atom is -0.492 e. The van der Waals surface area contributed by atoms with Gasteiger partial charge in [-0.15, -0.1) is 0 Å². The van der Waals surface area contributed by atoms with Crippen molar-refractivity contribution < 1.29 is 4.74 Å². The lowest BCUT2D eigenvalue weighted by atomic mass is 10.1. The van der Waals surface area contributed by atoms with Crippen LogP contribution in [0.4, 0.5) is 11.8 Å². The van der Waals surface area contributed by atoms with Crippen molar-refractivity contribution in [3.8, 4) is 16.9 Å². The van der Waals surface area contributed by atoms with Crippen LogP contribution >= 0.6 is 23.2 Å². The van der Waals surface area contributed by atoms with Gasteiger partial charge in [0.2, 0.25) is 5.95 Å². The molecule has 0 bridgehead atoms. The predicted molar refractivity (Wildman–Crippen MR) is 126 cm³/mol. The van der Waals surface area contributed by atoms with Crippen molar-refractivity contribution in [1.82, 2.24) is 19.5 Å². The average molecular weight is 468 g/mol. The van der Waals surface area contributed by atoms with Crippen molar-refractivity contribution in [2.75, 3.05) is 11.9 Å². The van der Waals surface area contributed by atoms with Gasteiger partial charge in [-0.2, -0.15) is 4.98 Å². The molecule has 1 saturated carbocycles. The molecule has 3 aromatic heterocycles. The third-order valence-electron chi connectivity index (χ3n) is 5.34. The van der Waals surface area contributed by atoms with Crippen LogP contribution in [0.2, 0.25) is 10.0 Å². The van der Waals surface area contributed by atoms with E-state index in [1.807, 2.05) is 6.07 Å². The van der Waals surface area contributed by atoms with E-state index in [0.29, 0.717) is 49.9 Å². The highest BCUT2D eigenvalue weighted by Crippen LogP contribution is 2.34. The Morgan fingerprint density at radius 1 is 1.12 bits per heavy atom. The number of anilines is 2. The van der Waals surface area contributed by atoms with Gasteiger partial charge >= 0.3 is 0 Å². The first-order valence-corrected chi connectivity index (χ1v) is 10.9. The molecule has 1 aromatic carbocycles. The summed E-state index contributed by atoms with van der Waals surface area (Å²) < 4.78 is 7.17. The first kappa shape index (κ1) is 20.7. The lowest BCUT2D eigenvalue weighted by molar-refractivity contribution is 0.299. The lowest BCUT2D eigenvalue weighted by Crippen LogP contribution is -2.20. The second-order valence-corrected chi connectivity index (χ2v) is 8.56. The summed E-state index contributed by atoms with van der Waals surface area (Å²) in [5.74, 6) is 2.32. The number of rotatable bonds is 6. The molecule has 32 heavy (non-hydrogen) atoms. The molecule has 7 nitrogen and oxygen atoms in total. The van der Waals surface area contributed by atoms with E-state index in [1.165, 1.54) is 17.4 Å². The molecule has 0 aliphatic heterocycles. The zero-order valence-corrected chi connectivity index (χ0v) is 18.7. The van der Waals surface area contributed by atoms with Gasteiger partial charge in [0.1, 0.15) is 17.2 Å². The van der Waals surface area contributed by atoms with Crippen LogP contribution in [-0.2, 0) is 7.05 Å². The number of hydrogen-bond acceptors (Lipinski definition) is 6. The normalized spacial score (nSPS) is 13.3. The van der Waals surface area contributed by atoms with Crippen molar-refractivity contribution in [1.29, 1.82) is 0 Å². The van der Waals surface area contributed by atoms with Crippen molar-refractivity contribution in [3.05, 3.63) is 69.2 Å². The fourth-order valence-corrected chi connectivity index (χ4v) is 3.99. The third kappa shape index (κ3) is 4.13. The van der Waals surface area contributed by atoms with E-state index in [4.69, 9.17) is 27.9 Å². The first-order chi connectivity index (χ1) is 15.5. The monoisotopic (exact) mass is 467 g/mol. The Kier molecular flexibility index (Phi) is 5.45. The molecular formula is C23H19Cl2N5O2. The average Bonchev–Trinajstić information content (AvgIpc) is 3.61. The standard InChI is InChI=1S/C23H19Cl2N5O2/c1-30-21-14(9-16(22(30)31)20-17(24)3-2-4-18(20)25)10-27-23(29-21)28-19-8-7-15(11-26-19)32-12-13-5-6-13/h2-4,7-11,13H,5-6,12H2,1H3,(H,26,27,28,29). The molecule has 162 valence electrons. The fourth-order valence-electron chi connectivity index (χ4n) is 3.39. The number of halogens is 2. The number of nitrogens with zero attached hydrogens (tertiary/aromatic N) is 4. The Balaban J connectivity index is 1.44. The number of pyridine rings is 2. The predicted octanol–water partition coefficient (Wildman–Crippen LogP) is 5.23. The summed E-state index contributed by atoms with van der Waals surface area (Å²) in [6, 6.07) is 10.5. The summed E-state index contributed by atoms with van der Waals surface area (Å²) in [6.45, 7) is 0.734. The quantitative estimate of drug-likeness (QED) is 0.418. The van der Waals surface area contributed by atoms with E-state index in [9.17, 15) is 4.79 Å². The van der Waals surface area contributed by atoms with Crippen LogP contribution in [-0.4, -0.2) is 26.1 Å². The number of ether oxygens (including phenoxy) is 1. The number of nitrogens with one attached hydrogen (secondary N) is 1. The summed E-state index contributed by atoms with van der Waals surface area (Å²) in [4.78, 5) is 26.3. The van der Waals surface area contributed by atoms with Crippen LogP contribution in [0, 0.1) is 5.92 Å². The fraction of sp³-hybridized carbons (Fsp3) is 0.217. The molecule has 4 aromatic rings. The number of aryl methyl sites for hydroxylation is 1. The highest BCUT2D eigenvalue weighted by atomic mass is 35.5. The Hall–Kier alpha value is -3.16. The molecule has 1 aliphatic carbocycles. The lowest BCUT2D eigenvalue weighted by Gasteiger charge is -2.12. The highest BCUT2D eigenvalue weighted by Gasteiger charge is 2.22. The zero-order valence-electron chi connectivity index (χ0n) is 17.2. The Bertz CT molecular complexity index is 1350. The van der Waals surface area contributed by atoms with Gasteiger partial charge in [-0.3, -0.25) is 9.36 Å². The van der Waals surface area contributed by atoms with Gasteiger partial charge in [0.05, 0.1) is 28.4 Å². The van der Waals surface area contributed by atoms with E-state index in [1.54, 1.807) is 49.8 Å². The van der Waals surface area contributed by atoms with Crippen LogP contribution in [0.3, 0.4) is 0 Å². The Labute approximate surface area is 194 Å². The summed E-state index contributed by atoms with van der Waals surface area (Å²) in [5.41, 5.74) is 1.10. The molecule has 9 heteroatoms. The van der Waals surface area contributed by atoms with Crippen LogP contribution in [0.5, 0.6) is 5.75 Å². The van der Waals surface area contributed by atoms with Gasteiger partial charge in [0, 0.05) is 24.2 Å². The maximum atomic E-state index is 13.0. The number of benzene rings is 1. The molecule has 0 amide bonds. The summed E-state index contributed by atoms with van der Waals surface area (Å²) in [7, 11) is 1.65. The second-order valence-electron chi connectivity index (χ2n) is 7.75. The molecule has 0 saturated heterocycles. The molecule has 1 N–H and O–H groups in total. The van der Waals surface area contributed by atoms with E-state index in [0.717, 1.165) is 12.4 Å². The molecular weight excluding hydrogens is 449 g/mol. The van der Waals surface area contributed by atoms with Crippen LogP contribution in [0.1, 0.15) is 12.8 Å². The van der Waals surface area contributed by atoms with Gasteiger partial charge in [-0.25, -0.2) is 9.97 Å². The third-order valence-corrected chi connectivity index (χ3v) is 5.97. The minimum absolute atomic E-state index is 0.257. The van der Waals surface area contributed by atoms with Crippen LogP contribution < -0.4 is 15.6 Å². The summed E-state index contributed by atoms with van der Waals surface area (Å²) in [5, 5.41) is 4.56. The first-order valence-electron chi connectivity index (χ1n) is 10.2. The molecule has 3 heterocycles. The summed E-state index contributed by atoms with van der Waals surface area (Å²) >= 11 is 12.6. The van der Waals surface area contributed by atoms with Gasteiger partial charge in [0.25, 0.3) is 5.56 Å². The SMILES string of the molecule is Cn1c(=O)c(-c2c(Cl)cccc2Cl)cc2cnc(Nc3ccc(OCC4CC4)cn3)nc21. The Morgan fingerprint density at radius 3 is 2.59 bits per heavy atom. The van der Waals surface area contributed by atoms with E-state index in [-0.39, 0.29) is 5.56 Å². The number of aromatic nitrogens is 4. The van der Waals surface area contributed by atoms with Crippen molar-refractivity contribution in [2.45, 2.75) is 12.8 Å². The summed E-state index contributed by atoms with van der Waals surface area (Å²) in [6.07, 6.45) is 5.79. The van der Waals surface area contributed by atoms with Crippen molar-refractivity contribution >= 4 is 46.0 Å². The van der Waals surface area contributed by atoms with E-state index >= 15 is 0 Å². The highest BCUT2D eigenvalue weighted by molar-refractivity contribution is 6.39. The van der Waals surface area contributed by atoms with Crippen LogP contribution in [0.25, 0.3) is 22.2 Å². The molecule has 1 aliphatic rings. The molecule has 0 unspecified atom stereocenters.